The number of nitrogens with zero attached hydrogens (tertiary/aromatic N) is 2. The van der Waals surface area contributed by atoms with Gasteiger partial charge in [0.1, 0.15) is 5.41 Å². The first-order valence-electron chi connectivity index (χ1n) is 5.89. The number of nitrogens with one attached hydrogen (secondary N) is 1. The molecule has 94 valence electrons. The number of likely N-dealkylation sites (N-methyl/N-ethyl adjacent to an activating group) is 1. The summed E-state index contributed by atoms with van der Waals surface area (Å²) in [5.74, 6) is -0.451. The van der Waals surface area contributed by atoms with Gasteiger partial charge in [-0.2, -0.15) is 5.26 Å². The molecule has 1 atom stereocenters. The summed E-state index contributed by atoms with van der Waals surface area (Å²) in [6.07, 6.45) is 2.49. The van der Waals surface area contributed by atoms with Crippen LogP contribution in [0.2, 0.25) is 0 Å². The van der Waals surface area contributed by atoms with Crippen molar-refractivity contribution in [2.45, 2.75) is 39.2 Å². The second kappa shape index (κ2) is 5.17. The van der Waals surface area contributed by atoms with Crippen LogP contribution in [0.1, 0.15) is 33.1 Å². The molecule has 0 aromatic carbocycles. The van der Waals surface area contributed by atoms with E-state index in [2.05, 4.69) is 5.32 Å². The maximum absolute atomic E-state index is 12.0. The third-order valence-electron chi connectivity index (χ3n) is 3.10. The standard InChI is InChI=1S/C12H19N3O2/c1-4-12(2,8-13)11(17)15(3)7-10(16)14-9-5-6-9/h9H,4-7H2,1-3H3,(H,14,16). The summed E-state index contributed by atoms with van der Waals surface area (Å²) in [5, 5.41) is 11.8. The van der Waals surface area contributed by atoms with E-state index in [0.29, 0.717) is 12.5 Å². The zero-order valence-electron chi connectivity index (χ0n) is 10.6. The van der Waals surface area contributed by atoms with Crippen LogP contribution in [0.15, 0.2) is 0 Å². The molecule has 0 aromatic rings. The molecule has 5 nitrogen and oxygen atoms in total. The summed E-state index contributed by atoms with van der Waals surface area (Å²) in [6.45, 7) is 3.41. The summed E-state index contributed by atoms with van der Waals surface area (Å²) in [7, 11) is 1.56. The van der Waals surface area contributed by atoms with Crippen LogP contribution in [0.25, 0.3) is 0 Å². The van der Waals surface area contributed by atoms with Gasteiger partial charge in [-0.05, 0) is 26.2 Å². The summed E-state index contributed by atoms with van der Waals surface area (Å²) in [5.41, 5.74) is -1.03. The zero-order chi connectivity index (χ0) is 13.1. The molecule has 5 heteroatoms. The number of carbonyl (C=O) groups excluding carboxylic acids is 2. The predicted molar refractivity (Wildman–Crippen MR) is 62.8 cm³/mol. The minimum atomic E-state index is -1.03. The van der Waals surface area contributed by atoms with E-state index in [1.54, 1.807) is 20.9 Å². The Labute approximate surface area is 102 Å². The largest absolute Gasteiger partial charge is 0.352 e. The van der Waals surface area contributed by atoms with Crippen LogP contribution in [0.5, 0.6) is 0 Å². The lowest BCUT2D eigenvalue weighted by Gasteiger charge is -2.25. The maximum Gasteiger partial charge on any atom is 0.242 e. The first kappa shape index (κ1) is 13.5. The Balaban J connectivity index is 2.51. The Bertz CT molecular complexity index is 357. The van der Waals surface area contributed by atoms with Crippen LogP contribution in [-0.4, -0.2) is 36.3 Å². The van der Waals surface area contributed by atoms with Gasteiger partial charge in [-0.15, -0.1) is 0 Å². The third kappa shape index (κ3) is 3.45. The number of hydrogen-bond acceptors (Lipinski definition) is 3. The smallest absolute Gasteiger partial charge is 0.242 e. The van der Waals surface area contributed by atoms with Crippen LogP contribution >= 0.6 is 0 Å². The zero-order valence-corrected chi connectivity index (χ0v) is 10.6. The van der Waals surface area contributed by atoms with Crippen molar-refractivity contribution in [1.29, 1.82) is 5.26 Å². The lowest BCUT2D eigenvalue weighted by molar-refractivity contribution is -0.140. The monoisotopic (exact) mass is 237 g/mol. The SMILES string of the molecule is CCC(C)(C#N)C(=O)N(C)CC(=O)NC1CC1. The van der Waals surface area contributed by atoms with E-state index in [4.69, 9.17) is 5.26 Å². The molecule has 0 radical (unpaired) electrons. The topological polar surface area (TPSA) is 73.2 Å². The van der Waals surface area contributed by atoms with Crippen molar-refractivity contribution in [1.82, 2.24) is 10.2 Å². The molecule has 1 saturated carbocycles. The summed E-state index contributed by atoms with van der Waals surface area (Å²) in [6, 6.07) is 2.30. The molecule has 1 N–H and O–H groups in total. The number of nitriles is 1. The first-order chi connectivity index (χ1) is 7.92. The van der Waals surface area contributed by atoms with Gasteiger partial charge in [-0.3, -0.25) is 9.59 Å². The lowest BCUT2D eigenvalue weighted by atomic mass is 9.88. The van der Waals surface area contributed by atoms with E-state index in [9.17, 15) is 9.59 Å². The van der Waals surface area contributed by atoms with Crippen LogP contribution in [-0.2, 0) is 9.59 Å². The van der Waals surface area contributed by atoms with E-state index >= 15 is 0 Å². The van der Waals surface area contributed by atoms with E-state index < -0.39 is 5.41 Å². The quantitative estimate of drug-likeness (QED) is 0.763. The first-order valence-corrected chi connectivity index (χ1v) is 5.89. The maximum atomic E-state index is 12.0. The van der Waals surface area contributed by atoms with Crippen LogP contribution in [0.3, 0.4) is 0 Å². The number of amides is 2. The second-order valence-electron chi connectivity index (χ2n) is 4.80. The third-order valence-corrected chi connectivity index (χ3v) is 3.10. The highest BCUT2D eigenvalue weighted by molar-refractivity contribution is 5.89. The molecule has 0 aliphatic heterocycles. The Morgan fingerprint density at radius 3 is 2.53 bits per heavy atom. The molecule has 0 aromatic heterocycles. The van der Waals surface area contributed by atoms with Gasteiger partial charge in [0.15, 0.2) is 0 Å². The highest BCUT2D eigenvalue weighted by Gasteiger charge is 2.34. The molecule has 17 heavy (non-hydrogen) atoms. The molecule has 1 aliphatic rings. The lowest BCUT2D eigenvalue weighted by Crippen LogP contribution is -2.44. The van der Waals surface area contributed by atoms with E-state index in [0.717, 1.165) is 12.8 Å². The van der Waals surface area contributed by atoms with Gasteiger partial charge in [0.25, 0.3) is 0 Å². The molecular weight excluding hydrogens is 218 g/mol. The highest BCUT2D eigenvalue weighted by atomic mass is 16.2. The molecule has 0 saturated heterocycles. The van der Waals surface area contributed by atoms with E-state index in [1.807, 2.05) is 6.07 Å². The molecule has 1 aliphatic carbocycles. The van der Waals surface area contributed by atoms with Crippen molar-refractivity contribution >= 4 is 11.8 Å². The van der Waals surface area contributed by atoms with Crippen molar-refractivity contribution in [2.75, 3.05) is 13.6 Å². The van der Waals surface area contributed by atoms with E-state index in [-0.39, 0.29) is 18.4 Å². The fraction of sp³-hybridized carbons (Fsp3) is 0.750. The Morgan fingerprint density at radius 1 is 1.53 bits per heavy atom. The van der Waals surface area contributed by atoms with Crippen molar-refractivity contribution in [3.63, 3.8) is 0 Å². The molecule has 1 unspecified atom stereocenters. The van der Waals surface area contributed by atoms with Crippen LogP contribution in [0, 0.1) is 16.7 Å². The fourth-order valence-corrected chi connectivity index (χ4v) is 1.49. The fourth-order valence-electron chi connectivity index (χ4n) is 1.49. The molecular formula is C12H19N3O2. The second-order valence-corrected chi connectivity index (χ2v) is 4.80. The minimum absolute atomic E-state index is 0.0204. The van der Waals surface area contributed by atoms with Gasteiger partial charge in [0.2, 0.25) is 11.8 Å². The molecule has 0 heterocycles. The number of carbonyl (C=O) groups is 2. The van der Waals surface area contributed by atoms with Crippen molar-refractivity contribution in [2.24, 2.45) is 5.41 Å². The molecule has 0 spiro atoms. The van der Waals surface area contributed by atoms with Gasteiger partial charge < -0.3 is 10.2 Å². The summed E-state index contributed by atoms with van der Waals surface area (Å²) >= 11 is 0. The van der Waals surface area contributed by atoms with Gasteiger partial charge >= 0.3 is 0 Å². The van der Waals surface area contributed by atoms with Crippen molar-refractivity contribution in [3.05, 3.63) is 0 Å². The molecule has 1 rings (SSSR count). The van der Waals surface area contributed by atoms with Gasteiger partial charge in [0, 0.05) is 13.1 Å². The summed E-state index contributed by atoms with van der Waals surface area (Å²) in [4.78, 5) is 24.8. The minimum Gasteiger partial charge on any atom is -0.352 e. The van der Waals surface area contributed by atoms with Gasteiger partial charge in [-0.25, -0.2) is 0 Å². The summed E-state index contributed by atoms with van der Waals surface area (Å²) < 4.78 is 0. The highest BCUT2D eigenvalue weighted by Crippen LogP contribution is 2.22. The average Bonchev–Trinajstić information content (AvgIpc) is 3.10. The molecule has 2 amide bonds. The Kier molecular flexibility index (Phi) is 4.11. The normalized spacial score (nSPS) is 17.8. The van der Waals surface area contributed by atoms with Gasteiger partial charge in [0.05, 0.1) is 12.6 Å². The average molecular weight is 237 g/mol. The van der Waals surface area contributed by atoms with Crippen molar-refractivity contribution < 1.29 is 9.59 Å². The number of hydrogen-bond donors (Lipinski definition) is 1. The molecule has 1 fully saturated rings. The number of rotatable bonds is 5. The van der Waals surface area contributed by atoms with Crippen LogP contribution < -0.4 is 5.32 Å². The van der Waals surface area contributed by atoms with Crippen molar-refractivity contribution in [3.8, 4) is 6.07 Å². The Morgan fingerprint density at radius 2 is 2.12 bits per heavy atom. The van der Waals surface area contributed by atoms with E-state index in [1.165, 1.54) is 4.90 Å². The van der Waals surface area contributed by atoms with Crippen LogP contribution in [0.4, 0.5) is 0 Å². The molecule has 0 bridgehead atoms. The van der Waals surface area contributed by atoms with Gasteiger partial charge in [-0.1, -0.05) is 6.92 Å². The Hall–Kier alpha value is -1.57. The predicted octanol–water partition coefficient (Wildman–Crippen LogP) is 0.663.